The highest BCUT2D eigenvalue weighted by atomic mass is 16.5. The molecule has 27 heavy (non-hydrogen) atoms. The number of fused-ring (bicyclic) bond motifs is 1. The van der Waals surface area contributed by atoms with Gasteiger partial charge >= 0.3 is 0 Å². The number of aromatic nitrogens is 5. The van der Waals surface area contributed by atoms with E-state index in [-0.39, 0.29) is 11.5 Å². The second-order valence-electron chi connectivity index (χ2n) is 6.33. The Bertz CT molecular complexity index is 996. The van der Waals surface area contributed by atoms with Crippen molar-refractivity contribution in [3.63, 3.8) is 0 Å². The van der Waals surface area contributed by atoms with E-state index in [0.29, 0.717) is 42.0 Å². The number of hydrogen-bond donors (Lipinski definition) is 1. The SMILES string of the molecule is COCCn1cnnc1CN(C)C(=O)[C@H](C)c1n[nH]c(=O)c2ccccc12. The number of benzene rings is 1. The maximum absolute atomic E-state index is 12.9. The molecule has 9 heteroatoms. The smallest absolute Gasteiger partial charge is 0.272 e. The van der Waals surface area contributed by atoms with Gasteiger partial charge in [-0.1, -0.05) is 18.2 Å². The summed E-state index contributed by atoms with van der Waals surface area (Å²) in [5.74, 6) is 0.0301. The molecule has 1 N–H and O–H groups in total. The molecule has 0 aliphatic carbocycles. The Balaban J connectivity index is 1.81. The minimum absolute atomic E-state index is 0.124. The molecule has 3 aromatic rings. The molecule has 0 aliphatic rings. The summed E-state index contributed by atoms with van der Waals surface area (Å²) >= 11 is 0. The van der Waals surface area contributed by atoms with Crippen molar-refractivity contribution in [3.8, 4) is 0 Å². The Morgan fingerprint density at radius 2 is 2.07 bits per heavy atom. The maximum atomic E-state index is 12.9. The summed E-state index contributed by atoms with van der Waals surface area (Å²) in [5.41, 5.74) is 0.275. The normalized spacial score (nSPS) is 12.3. The molecular formula is C18H22N6O3. The van der Waals surface area contributed by atoms with Crippen LogP contribution in [0.2, 0.25) is 0 Å². The zero-order chi connectivity index (χ0) is 19.4. The average Bonchev–Trinajstić information content (AvgIpc) is 3.12. The molecule has 0 fully saturated rings. The monoisotopic (exact) mass is 370 g/mol. The standard InChI is InChI=1S/C18H22N6O3/c1-12(16-13-6-4-5-7-14(13)17(25)22-21-16)18(26)23(2)10-15-20-19-11-24(15)8-9-27-3/h4-7,11-12H,8-10H2,1-3H3,(H,22,25)/t12-/m1/s1. The molecule has 0 saturated heterocycles. The Morgan fingerprint density at radius 1 is 1.33 bits per heavy atom. The van der Waals surface area contributed by atoms with Crippen LogP contribution in [0, 0.1) is 0 Å². The molecule has 1 aromatic carbocycles. The van der Waals surface area contributed by atoms with Crippen molar-refractivity contribution in [2.45, 2.75) is 25.9 Å². The van der Waals surface area contributed by atoms with Gasteiger partial charge < -0.3 is 14.2 Å². The first-order chi connectivity index (χ1) is 13.0. The summed E-state index contributed by atoms with van der Waals surface area (Å²) in [6.07, 6.45) is 1.62. The number of rotatable bonds is 7. The molecule has 9 nitrogen and oxygen atoms in total. The second kappa shape index (κ2) is 8.09. The van der Waals surface area contributed by atoms with Crippen LogP contribution < -0.4 is 5.56 Å². The van der Waals surface area contributed by atoms with Gasteiger partial charge in [-0.25, -0.2) is 5.10 Å². The third-order valence-corrected chi connectivity index (χ3v) is 4.49. The predicted molar refractivity (Wildman–Crippen MR) is 99.2 cm³/mol. The Hall–Kier alpha value is -3.07. The summed E-state index contributed by atoms with van der Waals surface area (Å²) in [5, 5.41) is 15.8. The fraction of sp³-hybridized carbons (Fsp3) is 0.389. The summed E-state index contributed by atoms with van der Waals surface area (Å²) in [6, 6.07) is 7.13. The molecule has 2 aromatic heterocycles. The highest BCUT2D eigenvalue weighted by molar-refractivity contribution is 5.90. The van der Waals surface area contributed by atoms with Gasteiger partial charge in [0.25, 0.3) is 5.56 Å². The van der Waals surface area contributed by atoms with Gasteiger partial charge in [0.15, 0.2) is 5.82 Å². The van der Waals surface area contributed by atoms with E-state index in [1.807, 2.05) is 10.6 Å². The highest BCUT2D eigenvalue weighted by Gasteiger charge is 2.24. The van der Waals surface area contributed by atoms with Crippen LogP contribution in [0.1, 0.15) is 24.4 Å². The lowest BCUT2D eigenvalue weighted by Gasteiger charge is -2.21. The second-order valence-corrected chi connectivity index (χ2v) is 6.33. The molecule has 0 unspecified atom stereocenters. The largest absolute Gasteiger partial charge is 0.383 e. The van der Waals surface area contributed by atoms with Crippen LogP contribution >= 0.6 is 0 Å². The van der Waals surface area contributed by atoms with Gasteiger partial charge in [0.1, 0.15) is 6.33 Å². The van der Waals surface area contributed by atoms with Gasteiger partial charge in [0.2, 0.25) is 5.91 Å². The van der Waals surface area contributed by atoms with Gasteiger partial charge in [-0.15, -0.1) is 10.2 Å². The van der Waals surface area contributed by atoms with Crippen LogP contribution in [0.15, 0.2) is 35.4 Å². The maximum Gasteiger partial charge on any atom is 0.272 e. The first-order valence-corrected chi connectivity index (χ1v) is 8.60. The number of ether oxygens (including phenoxy) is 1. The van der Waals surface area contributed by atoms with Crippen LogP contribution in [0.5, 0.6) is 0 Å². The van der Waals surface area contributed by atoms with Gasteiger partial charge in [0.05, 0.1) is 30.1 Å². The van der Waals surface area contributed by atoms with E-state index < -0.39 is 5.92 Å². The molecular weight excluding hydrogens is 348 g/mol. The van der Waals surface area contributed by atoms with Crippen LogP contribution in [0.4, 0.5) is 0 Å². The van der Waals surface area contributed by atoms with Crippen molar-refractivity contribution in [2.75, 3.05) is 20.8 Å². The summed E-state index contributed by atoms with van der Waals surface area (Å²) in [7, 11) is 3.34. The summed E-state index contributed by atoms with van der Waals surface area (Å²) in [6.45, 7) is 3.24. The minimum Gasteiger partial charge on any atom is -0.383 e. The zero-order valence-corrected chi connectivity index (χ0v) is 15.5. The molecule has 1 amide bonds. The van der Waals surface area contributed by atoms with E-state index in [9.17, 15) is 9.59 Å². The third-order valence-electron chi connectivity index (χ3n) is 4.49. The molecule has 2 heterocycles. The van der Waals surface area contributed by atoms with Crippen molar-refractivity contribution in [2.24, 2.45) is 0 Å². The molecule has 0 aliphatic heterocycles. The fourth-order valence-electron chi connectivity index (χ4n) is 2.98. The van der Waals surface area contributed by atoms with E-state index in [4.69, 9.17) is 4.74 Å². The van der Waals surface area contributed by atoms with Crippen LogP contribution in [-0.4, -0.2) is 56.5 Å². The van der Waals surface area contributed by atoms with Crippen molar-refractivity contribution in [1.29, 1.82) is 0 Å². The van der Waals surface area contributed by atoms with E-state index in [0.717, 1.165) is 0 Å². The first kappa shape index (κ1) is 18.7. The van der Waals surface area contributed by atoms with Crippen LogP contribution in [0.25, 0.3) is 10.8 Å². The molecule has 3 rings (SSSR count). The van der Waals surface area contributed by atoms with Gasteiger partial charge in [-0.3, -0.25) is 9.59 Å². The number of nitrogens with zero attached hydrogens (tertiary/aromatic N) is 5. The molecule has 0 spiro atoms. The topological polar surface area (TPSA) is 106 Å². The first-order valence-electron chi connectivity index (χ1n) is 8.60. The molecule has 0 saturated carbocycles. The van der Waals surface area contributed by atoms with Crippen molar-refractivity contribution < 1.29 is 9.53 Å². The number of hydrogen-bond acceptors (Lipinski definition) is 6. The van der Waals surface area contributed by atoms with Crippen LogP contribution in [0.3, 0.4) is 0 Å². The van der Waals surface area contributed by atoms with E-state index in [1.54, 1.807) is 50.5 Å². The quantitative estimate of drug-likeness (QED) is 0.663. The van der Waals surface area contributed by atoms with E-state index in [2.05, 4.69) is 20.4 Å². The van der Waals surface area contributed by atoms with Gasteiger partial charge in [-0.05, 0) is 13.0 Å². The molecule has 0 radical (unpaired) electrons. The third kappa shape index (κ3) is 3.87. The van der Waals surface area contributed by atoms with E-state index >= 15 is 0 Å². The number of likely N-dealkylation sites (N-methyl/N-ethyl adjacent to an activating group) is 1. The van der Waals surface area contributed by atoms with Crippen LogP contribution in [-0.2, 0) is 22.6 Å². The Morgan fingerprint density at radius 3 is 2.81 bits per heavy atom. The number of H-pyrrole nitrogens is 1. The Kier molecular flexibility index (Phi) is 5.60. The number of amides is 1. The van der Waals surface area contributed by atoms with E-state index in [1.165, 1.54) is 0 Å². The predicted octanol–water partition coefficient (Wildman–Crippen LogP) is 0.923. The van der Waals surface area contributed by atoms with Gasteiger partial charge in [-0.2, -0.15) is 5.10 Å². The van der Waals surface area contributed by atoms with Crippen molar-refractivity contribution >= 4 is 16.7 Å². The molecule has 0 bridgehead atoms. The van der Waals surface area contributed by atoms with Crippen molar-refractivity contribution in [1.82, 2.24) is 29.9 Å². The zero-order valence-electron chi connectivity index (χ0n) is 15.5. The average molecular weight is 370 g/mol. The lowest BCUT2D eigenvalue weighted by Crippen LogP contribution is -2.32. The summed E-state index contributed by atoms with van der Waals surface area (Å²) < 4.78 is 6.93. The number of carbonyl (C=O) groups excluding carboxylic acids is 1. The molecule has 142 valence electrons. The Labute approximate surface area is 156 Å². The number of carbonyl (C=O) groups is 1. The number of methoxy groups -OCH3 is 1. The lowest BCUT2D eigenvalue weighted by atomic mass is 10.0. The fourth-order valence-corrected chi connectivity index (χ4v) is 2.98. The van der Waals surface area contributed by atoms with Gasteiger partial charge in [0, 0.05) is 26.1 Å². The summed E-state index contributed by atoms with van der Waals surface area (Å²) in [4.78, 5) is 26.5. The lowest BCUT2D eigenvalue weighted by molar-refractivity contribution is -0.131. The number of aromatic amines is 1. The number of nitrogens with one attached hydrogen (secondary N) is 1. The highest BCUT2D eigenvalue weighted by Crippen LogP contribution is 2.22. The minimum atomic E-state index is -0.521. The molecule has 1 atom stereocenters. The van der Waals surface area contributed by atoms with Crippen molar-refractivity contribution in [3.05, 3.63) is 52.5 Å².